The van der Waals surface area contributed by atoms with E-state index in [4.69, 9.17) is 33.2 Å². The lowest BCUT2D eigenvalue weighted by molar-refractivity contribution is -0.138. The van der Waals surface area contributed by atoms with Crippen LogP contribution >= 0.6 is 0 Å². The second-order valence-electron chi connectivity index (χ2n) is 12.6. The van der Waals surface area contributed by atoms with Crippen molar-refractivity contribution in [3.8, 4) is 45.5 Å². The van der Waals surface area contributed by atoms with Crippen molar-refractivity contribution in [2.75, 3.05) is 33.0 Å². The Labute approximate surface area is 346 Å². The summed E-state index contributed by atoms with van der Waals surface area (Å²) in [5, 5.41) is 0. The van der Waals surface area contributed by atoms with Gasteiger partial charge in [0.2, 0.25) is 0 Å². The number of rotatable bonds is 21. The Morgan fingerprint density at radius 1 is 0.517 bits per heavy atom. The summed E-state index contributed by atoms with van der Waals surface area (Å²) in [5.74, 6) is -2.29. The molecular formula is C46H42N2O12. The normalized spacial score (nSPS) is 10.4. The Hall–Kier alpha value is -7.61. The number of nitrogens with zero attached hydrogens (tertiary/aromatic N) is 2. The Morgan fingerprint density at radius 2 is 0.983 bits per heavy atom. The average Bonchev–Trinajstić information content (AvgIpc) is 3.28. The van der Waals surface area contributed by atoms with Crippen LogP contribution in [0, 0.1) is 0 Å². The van der Waals surface area contributed by atoms with Crippen LogP contribution in [0.2, 0.25) is 0 Å². The molecule has 0 aliphatic carbocycles. The highest BCUT2D eigenvalue weighted by atomic mass is 16.6. The van der Waals surface area contributed by atoms with E-state index in [1.54, 1.807) is 42.5 Å². The lowest BCUT2D eigenvalue weighted by Gasteiger charge is -2.13. The van der Waals surface area contributed by atoms with Crippen LogP contribution in [0.5, 0.6) is 23.0 Å². The molecule has 0 aliphatic heterocycles. The largest absolute Gasteiger partial charge is 0.493 e. The fourth-order valence-corrected chi connectivity index (χ4v) is 5.17. The third-order valence-electron chi connectivity index (χ3n) is 8.26. The van der Waals surface area contributed by atoms with Crippen molar-refractivity contribution in [3.05, 3.63) is 145 Å². The molecule has 0 fully saturated rings. The lowest BCUT2D eigenvalue weighted by atomic mass is 10.1. The van der Waals surface area contributed by atoms with Crippen molar-refractivity contribution < 1.29 is 57.1 Å². The third kappa shape index (κ3) is 13.0. The summed E-state index contributed by atoms with van der Waals surface area (Å²) in [5.41, 5.74) is 2.99. The number of benzene rings is 3. The topological polar surface area (TPSA) is 176 Å². The van der Waals surface area contributed by atoms with Gasteiger partial charge in [0.1, 0.15) is 11.5 Å². The van der Waals surface area contributed by atoms with Gasteiger partial charge in [-0.15, -0.1) is 0 Å². The molecule has 5 aromatic rings. The molecule has 0 amide bonds. The van der Waals surface area contributed by atoms with Gasteiger partial charge in [0.25, 0.3) is 0 Å². The van der Waals surface area contributed by atoms with Gasteiger partial charge in [0, 0.05) is 48.5 Å². The van der Waals surface area contributed by atoms with E-state index in [2.05, 4.69) is 23.1 Å². The molecule has 3 aromatic carbocycles. The van der Waals surface area contributed by atoms with Crippen molar-refractivity contribution in [3.63, 3.8) is 0 Å². The first kappa shape index (κ1) is 43.5. The summed E-state index contributed by atoms with van der Waals surface area (Å²) in [6, 6.07) is 24.7. The number of aromatic nitrogens is 2. The van der Waals surface area contributed by atoms with Crippen molar-refractivity contribution in [2.24, 2.45) is 0 Å². The molecule has 0 saturated heterocycles. The van der Waals surface area contributed by atoms with Crippen molar-refractivity contribution >= 4 is 29.8 Å². The molecule has 0 spiro atoms. The van der Waals surface area contributed by atoms with E-state index in [9.17, 15) is 24.0 Å². The highest BCUT2D eigenvalue weighted by Crippen LogP contribution is 2.31. The van der Waals surface area contributed by atoms with Gasteiger partial charge in [-0.25, -0.2) is 24.0 Å². The molecular weight excluding hydrogens is 773 g/mol. The number of pyridine rings is 2. The van der Waals surface area contributed by atoms with E-state index in [0.717, 1.165) is 23.3 Å². The van der Waals surface area contributed by atoms with E-state index < -0.39 is 29.8 Å². The molecule has 0 radical (unpaired) electrons. The molecule has 60 heavy (non-hydrogen) atoms. The zero-order valence-electron chi connectivity index (χ0n) is 32.8. The average molecular weight is 815 g/mol. The Balaban J connectivity index is 1.21. The minimum atomic E-state index is -0.815. The standard InChI is InChI=1S/C46H42N2O12/c1-4-23-58-44(51)33-15-22-40(59-45(52)34-13-20-38(47-29-34)31-9-16-36(17-10-31)54-24-7-26-56-42(49)5-2)41(28-33)60-46(53)35-14-21-39(48-30-35)32-11-18-37(19-12-32)55-25-8-27-57-43(50)6-3/h5-6,9-22,28-30H,2-4,7-8,23-27H2,1H3. The van der Waals surface area contributed by atoms with E-state index >= 15 is 0 Å². The maximum absolute atomic E-state index is 13.4. The minimum absolute atomic E-state index is 0.0829. The van der Waals surface area contributed by atoms with E-state index in [1.807, 2.05) is 31.2 Å². The Morgan fingerprint density at radius 3 is 1.42 bits per heavy atom. The highest BCUT2D eigenvalue weighted by molar-refractivity contribution is 5.95. The zero-order chi connectivity index (χ0) is 42.7. The van der Waals surface area contributed by atoms with Crippen LogP contribution in [0.3, 0.4) is 0 Å². The van der Waals surface area contributed by atoms with Crippen LogP contribution in [-0.2, 0) is 23.8 Å². The first-order valence-corrected chi connectivity index (χ1v) is 18.9. The van der Waals surface area contributed by atoms with Gasteiger partial charge in [-0.05, 0) is 97.4 Å². The predicted molar refractivity (Wildman–Crippen MR) is 219 cm³/mol. The van der Waals surface area contributed by atoms with Gasteiger partial charge >= 0.3 is 29.8 Å². The summed E-state index contributed by atoms with van der Waals surface area (Å²) in [6.45, 7) is 9.89. The molecule has 0 aliphatic rings. The number of hydrogen-bond acceptors (Lipinski definition) is 14. The quantitative estimate of drug-likeness (QED) is 0.0230. The van der Waals surface area contributed by atoms with Crippen LogP contribution < -0.4 is 18.9 Å². The molecule has 0 saturated carbocycles. The summed E-state index contributed by atoms with van der Waals surface area (Å²) < 4.78 is 37.8. The number of esters is 5. The minimum Gasteiger partial charge on any atom is -0.493 e. The lowest BCUT2D eigenvalue weighted by Crippen LogP contribution is -2.14. The Bertz CT molecular complexity index is 2270. The van der Waals surface area contributed by atoms with E-state index in [-0.39, 0.29) is 48.0 Å². The molecule has 308 valence electrons. The SMILES string of the molecule is C=CC(=O)OCCCOc1ccc(-c2ccc(C(=O)Oc3ccc(C(=O)OCCC)cc3OC(=O)c3ccc(-c4ccc(OCCCOC(=O)C=C)cc4)nc3)cn2)cc1. The maximum atomic E-state index is 13.4. The molecule has 2 aromatic heterocycles. The van der Waals surface area contributed by atoms with Crippen molar-refractivity contribution in [1.82, 2.24) is 9.97 Å². The first-order chi connectivity index (χ1) is 29.2. The highest BCUT2D eigenvalue weighted by Gasteiger charge is 2.20. The van der Waals surface area contributed by atoms with Crippen LogP contribution in [0.4, 0.5) is 0 Å². The van der Waals surface area contributed by atoms with Crippen LogP contribution in [0.25, 0.3) is 22.5 Å². The monoisotopic (exact) mass is 814 g/mol. The predicted octanol–water partition coefficient (Wildman–Crippen LogP) is 7.81. The number of carbonyl (C=O) groups is 5. The van der Waals surface area contributed by atoms with Crippen LogP contribution in [0.15, 0.2) is 129 Å². The number of hydrogen-bond donors (Lipinski definition) is 0. The molecule has 0 bridgehead atoms. The summed E-state index contributed by atoms with van der Waals surface area (Å²) in [6.07, 6.45) is 6.54. The molecule has 5 rings (SSSR count). The second-order valence-corrected chi connectivity index (χ2v) is 12.6. The first-order valence-electron chi connectivity index (χ1n) is 18.9. The molecule has 0 N–H and O–H groups in total. The van der Waals surface area contributed by atoms with Crippen molar-refractivity contribution in [2.45, 2.75) is 26.2 Å². The van der Waals surface area contributed by atoms with Gasteiger partial charge in [-0.2, -0.15) is 0 Å². The molecule has 0 atom stereocenters. The fraction of sp³-hybridized carbons (Fsp3) is 0.196. The van der Waals surface area contributed by atoms with E-state index in [0.29, 0.717) is 55.4 Å². The van der Waals surface area contributed by atoms with Gasteiger partial charge in [-0.1, -0.05) is 20.1 Å². The third-order valence-corrected chi connectivity index (χ3v) is 8.26. The maximum Gasteiger partial charge on any atom is 0.345 e. The van der Waals surface area contributed by atoms with Gasteiger partial charge in [0.15, 0.2) is 11.5 Å². The van der Waals surface area contributed by atoms with Gasteiger partial charge in [0.05, 0.1) is 61.1 Å². The smallest absolute Gasteiger partial charge is 0.345 e. The fourth-order valence-electron chi connectivity index (χ4n) is 5.17. The summed E-state index contributed by atoms with van der Waals surface area (Å²) in [7, 11) is 0. The van der Waals surface area contributed by atoms with Crippen LogP contribution in [0.1, 0.15) is 57.3 Å². The van der Waals surface area contributed by atoms with Gasteiger partial charge in [-0.3, -0.25) is 9.97 Å². The summed E-state index contributed by atoms with van der Waals surface area (Å²) in [4.78, 5) is 70.5. The zero-order valence-corrected chi connectivity index (χ0v) is 32.8. The molecule has 2 heterocycles. The molecule has 14 heteroatoms. The Kier molecular flexibility index (Phi) is 16.2. The van der Waals surface area contributed by atoms with Gasteiger partial charge < -0.3 is 33.2 Å². The van der Waals surface area contributed by atoms with E-state index in [1.165, 1.54) is 36.7 Å². The van der Waals surface area contributed by atoms with Crippen LogP contribution in [-0.4, -0.2) is 72.8 Å². The number of carbonyl (C=O) groups excluding carboxylic acids is 5. The second kappa shape index (κ2) is 22.4. The van der Waals surface area contributed by atoms with Crippen molar-refractivity contribution in [1.29, 1.82) is 0 Å². The summed E-state index contributed by atoms with van der Waals surface area (Å²) >= 11 is 0. The number of ether oxygens (including phenoxy) is 7. The molecule has 0 unspecified atom stereocenters. The molecule has 14 nitrogen and oxygen atoms in total.